The first-order valence-corrected chi connectivity index (χ1v) is 7.42. The zero-order valence-electron chi connectivity index (χ0n) is 10.9. The molecule has 3 N–H and O–H groups in total. The van der Waals surface area contributed by atoms with Crippen LogP contribution in [0.15, 0.2) is 24.3 Å². The molecule has 9 heteroatoms. The molecular formula is C12H13N3O5S. The van der Waals surface area contributed by atoms with E-state index >= 15 is 0 Å². The molecule has 0 aliphatic heterocycles. The Morgan fingerprint density at radius 1 is 1.19 bits per heavy atom. The lowest BCUT2D eigenvalue weighted by Gasteiger charge is -2.07. The van der Waals surface area contributed by atoms with Crippen LogP contribution in [0.5, 0.6) is 0 Å². The fraction of sp³-hybridized carbons (Fsp3) is 0.250. The Bertz CT molecular complexity index is 661. The Labute approximate surface area is 121 Å². The van der Waals surface area contributed by atoms with E-state index in [1.807, 2.05) is 11.4 Å². The van der Waals surface area contributed by atoms with E-state index in [0.717, 1.165) is 0 Å². The molecule has 112 valence electrons. The third-order valence-electron chi connectivity index (χ3n) is 2.33. The predicted octanol–water partition coefficient (Wildman–Crippen LogP) is -0.822. The second-order valence-corrected chi connectivity index (χ2v) is 5.87. The molecule has 1 aromatic carbocycles. The second-order valence-electron chi connectivity index (χ2n) is 4.06. The molecule has 0 radical (unpaired) electrons. The number of carbonyl (C=O) groups is 2. The molecule has 0 aliphatic rings. The standard InChI is InChI=1S/C12H13N3O5S/c13-5-9-1-3-10(4-2-9)8-21(19,20)15-6-11(16)14-7-12(17)18/h1-4,15H,6-8H2,(H,14,16)(H,17,18). The molecule has 0 aromatic heterocycles. The van der Waals surface area contributed by atoms with Crippen molar-refractivity contribution in [1.82, 2.24) is 10.0 Å². The molecule has 0 spiro atoms. The van der Waals surface area contributed by atoms with Gasteiger partial charge in [-0.15, -0.1) is 0 Å². The molecule has 0 heterocycles. The van der Waals surface area contributed by atoms with E-state index in [0.29, 0.717) is 11.1 Å². The Morgan fingerprint density at radius 3 is 2.33 bits per heavy atom. The Balaban J connectivity index is 2.51. The summed E-state index contributed by atoms with van der Waals surface area (Å²) < 4.78 is 25.5. The largest absolute Gasteiger partial charge is 0.480 e. The van der Waals surface area contributed by atoms with Crippen molar-refractivity contribution in [3.05, 3.63) is 35.4 Å². The van der Waals surface area contributed by atoms with Crippen LogP contribution in [0, 0.1) is 11.3 Å². The highest BCUT2D eigenvalue weighted by Gasteiger charge is 2.13. The highest BCUT2D eigenvalue weighted by atomic mass is 32.2. The van der Waals surface area contributed by atoms with E-state index in [4.69, 9.17) is 10.4 Å². The zero-order chi connectivity index (χ0) is 15.9. The Hall–Kier alpha value is -2.44. The fourth-order valence-corrected chi connectivity index (χ4v) is 2.44. The summed E-state index contributed by atoms with van der Waals surface area (Å²) in [5.74, 6) is -2.30. The molecule has 1 aromatic rings. The van der Waals surface area contributed by atoms with Crippen molar-refractivity contribution in [2.75, 3.05) is 13.1 Å². The van der Waals surface area contributed by atoms with Crippen LogP contribution in [0.2, 0.25) is 0 Å². The molecule has 1 rings (SSSR count). The molecular weight excluding hydrogens is 298 g/mol. The van der Waals surface area contributed by atoms with Gasteiger partial charge >= 0.3 is 5.97 Å². The minimum Gasteiger partial charge on any atom is -0.480 e. The summed E-state index contributed by atoms with van der Waals surface area (Å²) in [5.41, 5.74) is 0.879. The summed E-state index contributed by atoms with van der Waals surface area (Å²) >= 11 is 0. The Kier molecular flexibility index (Phi) is 5.83. The lowest BCUT2D eigenvalue weighted by molar-refractivity contribution is -0.137. The summed E-state index contributed by atoms with van der Waals surface area (Å²) in [6.07, 6.45) is 0. The monoisotopic (exact) mass is 311 g/mol. The third kappa shape index (κ3) is 6.51. The minimum atomic E-state index is -3.73. The molecule has 0 atom stereocenters. The highest BCUT2D eigenvalue weighted by molar-refractivity contribution is 7.88. The predicted molar refractivity (Wildman–Crippen MR) is 72.4 cm³/mol. The van der Waals surface area contributed by atoms with Crippen LogP contribution in [-0.4, -0.2) is 38.5 Å². The number of nitrogens with one attached hydrogen (secondary N) is 2. The van der Waals surface area contributed by atoms with Crippen molar-refractivity contribution < 1.29 is 23.1 Å². The number of sulfonamides is 1. The number of hydrogen-bond donors (Lipinski definition) is 3. The minimum absolute atomic E-state index is 0.342. The van der Waals surface area contributed by atoms with Crippen molar-refractivity contribution in [3.8, 4) is 6.07 Å². The highest BCUT2D eigenvalue weighted by Crippen LogP contribution is 2.06. The number of aliphatic carboxylic acids is 1. The normalized spacial score (nSPS) is 10.6. The van der Waals surface area contributed by atoms with Crippen molar-refractivity contribution >= 4 is 21.9 Å². The average molecular weight is 311 g/mol. The molecule has 0 saturated carbocycles. The van der Waals surface area contributed by atoms with Gasteiger partial charge in [-0.2, -0.15) is 5.26 Å². The molecule has 8 nitrogen and oxygen atoms in total. The third-order valence-corrected chi connectivity index (χ3v) is 3.63. The van der Waals surface area contributed by atoms with Gasteiger partial charge in [0.1, 0.15) is 6.54 Å². The van der Waals surface area contributed by atoms with Crippen LogP contribution in [0.25, 0.3) is 0 Å². The van der Waals surface area contributed by atoms with Crippen molar-refractivity contribution in [2.45, 2.75) is 5.75 Å². The number of benzene rings is 1. The van der Waals surface area contributed by atoms with Gasteiger partial charge in [-0.25, -0.2) is 13.1 Å². The maximum absolute atomic E-state index is 11.7. The smallest absolute Gasteiger partial charge is 0.322 e. The van der Waals surface area contributed by atoms with Gasteiger partial charge in [-0.3, -0.25) is 9.59 Å². The molecule has 0 aliphatic carbocycles. The first-order chi connectivity index (χ1) is 9.82. The maximum atomic E-state index is 11.7. The van der Waals surface area contributed by atoms with Crippen molar-refractivity contribution in [2.24, 2.45) is 0 Å². The van der Waals surface area contributed by atoms with Crippen LogP contribution in [0.3, 0.4) is 0 Å². The van der Waals surface area contributed by atoms with Gasteiger partial charge in [-0.05, 0) is 17.7 Å². The van der Waals surface area contributed by atoms with Gasteiger partial charge < -0.3 is 10.4 Å². The molecule has 21 heavy (non-hydrogen) atoms. The first kappa shape index (κ1) is 16.6. The number of carboxylic acids is 1. The SMILES string of the molecule is N#Cc1ccc(CS(=O)(=O)NCC(=O)NCC(=O)O)cc1. The van der Waals surface area contributed by atoms with E-state index in [-0.39, 0.29) is 5.75 Å². The average Bonchev–Trinajstić information content (AvgIpc) is 2.43. The topological polar surface area (TPSA) is 136 Å². The summed E-state index contributed by atoms with van der Waals surface area (Å²) in [5, 5.41) is 19.0. The molecule has 0 saturated heterocycles. The molecule has 0 fully saturated rings. The Morgan fingerprint density at radius 2 is 1.81 bits per heavy atom. The van der Waals surface area contributed by atoms with E-state index in [1.165, 1.54) is 24.3 Å². The van der Waals surface area contributed by atoms with Crippen LogP contribution in [0.4, 0.5) is 0 Å². The van der Waals surface area contributed by atoms with Gasteiger partial charge in [0.2, 0.25) is 15.9 Å². The van der Waals surface area contributed by atoms with E-state index in [1.54, 1.807) is 0 Å². The summed E-state index contributed by atoms with van der Waals surface area (Å²) in [6, 6.07) is 7.90. The van der Waals surface area contributed by atoms with Crippen molar-refractivity contribution in [3.63, 3.8) is 0 Å². The van der Waals surface area contributed by atoms with Gasteiger partial charge in [-0.1, -0.05) is 12.1 Å². The lowest BCUT2D eigenvalue weighted by atomic mass is 10.2. The summed E-state index contributed by atoms with van der Waals surface area (Å²) in [4.78, 5) is 21.4. The number of amides is 1. The number of rotatable bonds is 7. The fourth-order valence-electron chi connectivity index (χ4n) is 1.36. The number of carboxylic acid groups (broad SMARTS) is 1. The molecule has 0 bridgehead atoms. The van der Waals surface area contributed by atoms with Crippen molar-refractivity contribution in [1.29, 1.82) is 5.26 Å². The second kappa shape index (κ2) is 7.37. The van der Waals surface area contributed by atoms with E-state index in [2.05, 4.69) is 4.72 Å². The number of hydrogen-bond acceptors (Lipinski definition) is 5. The van der Waals surface area contributed by atoms with Crippen LogP contribution in [-0.2, 0) is 25.4 Å². The van der Waals surface area contributed by atoms with Gasteiger partial charge in [0.05, 0.1) is 23.9 Å². The van der Waals surface area contributed by atoms with E-state index in [9.17, 15) is 18.0 Å². The van der Waals surface area contributed by atoms with Crippen LogP contribution in [0.1, 0.15) is 11.1 Å². The summed E-state index contributed by atoms with van der Waals surface area (Å²) in [6.45, 7) is -1.11. The lowest BCUT2D eigenvalue weighted by Crippen LogP contribution is -2.39. The number of nitrogens with zero attached hydrogens (tertiary/aromatic N) is 1. The number of nitriles is 1. The molecule has 0 unspecified atom stereocenters. The van der Waals surface area contributed by atoms with Gasteiger partial charge in [0, 0.05) is 0 Å². The van der Waals surface area contributed by atoms with Gasteiger partial charge in [0.25, 0.3) is 0 Å². The maximum Gasteiger partial charge on any atom is 0.322 e. The van der Waals surface area contributed by atoms with Crippen LogP contribution >= 0.6 is 0 Å². The number of carbonyl (C=O) groups excluding carboxylic acids is 1. The summed E-state index contributed by atoms with van der Waals surface area (Å²) in [7, 11) is -3.73. The quantitative estimate of drug-likeness (QED) is 0.601. The van der Waals surface area contributed by atoms with E-state index < -0.39 is 35.0 Å². The van der Waals surface area contributed by atoms with Crippen LogP contribution < -0.4 is 10.0 Å². The zero-order valence-corrected chi connectivity index (χ0v) is 11.7. The van der Waals surface area contributed by atoms with Gasteiger partial charge in [0.15, 0.2) is 0 Å². The molecule has 1 amide bonds. The first-order valence-electron chi connectivity index (χ1n) is 5.77.